The van der Waals surface area contributed by atoms with Gasteiger partial charge in [-0.05, 0) is 0 Å². The number of rotatable bonds is 1. The highest BCUT2D eigenvalue weighted by Crippen LogP contribution is 2.20. The fourth-order valence-corrected chi connectivity index (χ4v) is 0.850. The van der Waals surface area contributed by atoms with Gasteiger partial charge in [-0.3, -0.25) is 4.79 Å². The molecule has 0 saturated carbocycles. The van der Waals surface area contributed by atoms with Crippen molar-refractivity contribution in [2.24, 2.45) is 0 Å². The number of nitriles is 1. The lowest BCUT2D eigenvalue weighted by atomic mass is 10.3. The van der Waals surface area contributed by atoms with Crippen LogP contribution in [0.1, 0.15) is 5.56 Å². The van der Waals surface area contributed by atoms with E-state index in [0.29, 0.717) is 6.07 Å². The first-order valence-corrected chi connectivity index (χ1v) is 3.52. The summed E-state index contributed by atoms with van der Waals surface area (Å²) in [4.78, 5) is 12.9. The van der Waals surface area contributed by atoms with Crippen molar-refractivity contribution in [1.29, 1.82) is 5.26 Å². The number of nitrogens with one attached hydrogen (secondary N) is 1. The molecule has 1 aromatic heterocycles. The number of aromatic nitrogens is 1. The zero-order valence-corrected chi connectivity index (χ0v) is 7.05. The molecule has 0 atom stereocenters. The molecule has 0 spiro atoms. The fraction of sp³-hybridized carbons (Fsp3) is 0.143. The van der Waals surface area contributed by atoms with Crippen molar-refractivity contribution in [3.8, 4) is 11.9 Å². The van der Waals surface area contributed by atoms with Crippen molar-refractivity contribution in [2.45, 2.75) is 6.36 Å². The van der Waals surface area contributed by atoms with Crippen LogP contribution in [0.2, 0.25) is 0 Å². The number of H-pyrrole nitrogens is 1. The second-order valence-electron chi connectivity index (χ2n) is 2.45. The fourth-order valence-electron chi connectivity index (χ4n) is 0.850. The summed E-state index contributed by atoms with van der Waals surface area (Å²) in [6.45, 7) is 0. The lowest BCUT2D eigenvalue weighted by Crippen LogP contribution is -2.20. The summed E-state index contributed by atoms with van der Waals surface area (Å²) < 4.78 is 38.6. The molecule has 0 aliphatic carbocycles. The van der Waals surface area contributed by atoms with E-state index < -0.39 is 29.1 Å². The van der Waals surface area contributed by atoms with E-state index in [9.17, 15) is 18.0 Å². The molecule has 15 heavy (non-hydrogen) atoms. The number of halogens is 3. The number of anilines is 1. The Balaban J connectivity index is 3.17. The van der Waals surface area contributed by atoms with Crippen molar-refractivity contribution >= 4 is 5.82 Å². The molecule has 0 aliphatic rings. The van der Waals surface area contributed by atoms with Crippen LogP contribution in [-0.4, -0.2) is 11.3 Å². The molecule has 0 radical (unpaired) electrons. The summed E-state index contributed by atoms with van der Waals surface area (Å²) in [6.07, 6.45) is -4.93. The molecule has 1 rings (SSSR count). The maximum atomic E-state index is 11.7. The van der Waals surface area contributed by atoms with Crippen LogP contribution in [0.4, 0.5) is 19.0 Å². The molecule has 1 heterocycles. The minimum Gasteiger partial charge on any atom is -0.390 e. The molecular formula is C7H4F3N3O2. The molecular weight excluding hydrogens is 215 g/mol. The van der Waals surface area contributed by atoms with Crippen LogP contribution < -0.4 is 15.9 Å². The number of nitrogen functional groups attached to an aromatic ring is 1. The monoisotopic (exact) mass is 219 g/mol. The van der Waals surface area contributed by atoms with E-state index in [0.717, 1.165) is 0 Å². The van der Waals surface area contributed by atoms with Gasteiger partial charge in [0.15, 0.2) is 0 Å². The van der Waals surface area contributed by atoms with Gasteiger partial charge in [-0.1, -0.05) is 0 Å². The largest absolute Gasteiger partial charge is 0.574 e. The van der Waals surface area contributed by atoms with E-state index in [-0.39, 0.29) is 0 Å². The van der Waals surface area contributed by atoms with Crippen LogP contribution in [0.3, 0.4) is 0 Å². The predicted octanol–water partition coefficient (Wildman–Crippen LogP) is 0.727. The maximum Gasteiger partial charge on any atom is 0.574 e. The predicted molar refractivity (Wildman–Crippen MR) is 42.9 cm³/mol. The summed E-state index contributed by atoms with van der Waals surface area (Å²) in [5.41, 5.74) is 3.73. The number of hydrogen-bond acceptors (Lipinski definition) is 4. The molecule has 0 aromatic carbocycles. The molecule has 0 unspecified atom stereocenters. The average Bonchev–Trinajstić information content (AvgIpc) is 1.99. The van der Waals surface area contributed by atoms with E-state index in [1.165, 1.54) is 6.07 Å². The normalized spacial score (nSPS) is 10.8. The van der Waals surface area contributed by atoms with Gasteiger partial charge in [-0.25, -0.2) is 0 Å². The molecule has 0 aliphatic heterocycles. The third kappa shape index (κ3) is 2.63. The van der Waals surface area contributed by atoms with E-state index in [1.54, 1.807) is 0 Å². The lowest BCUT2D eigenvalue weighted by molar-refractivity contribution is -0.276. The van der Waals surface area contributed by atoms with Gasteiger partial charge in [0, 0.05) is 6.07 Å². The van der Waals surface area contributed by atoms with Crippen LogP contribution in [-0.2, 0) is 0 Å². The van der Waals surface area contributed by atoms with Gasteiger partial charge in [-0.2, -0.15) is 5.26 Å². The van der Waals surface area contributed by atoms with E-state index >= 15 is 0 Å². The standard InChI is InChI=1S/C7H4F3N3O2/c8-7(9,10)15-5-1-4(14)3(2-11)6(12)13-5/h1H,(H3,12,13,14). The minimum atomic E-state index is -4.93. The number of alkyl halides is 3. The highest BCUT2D eigenvalue weighted by molar-refractivity contribution is 5.49. The molecule has 5 nitrogen and oxygen atoms in total. The Kier molecular flexibility index (Phi) is 2.57. The van der Waals surface area contributed by atoms with Crippen molar-refractivity contribution in [3.05, 3.63) is 21.9 Å². The molecule has 80 valence electrons. The van der Waals surface area contributed by atoms with Crippen molar-refractivity contribution in [3.63, 3.8) is 0 Å². The Morgan fingerprint density at radius 2 is 2.13 bits per heavy atom. The van der Waals surface area contributed by atoms with Gasteiger partial charge in [0.05, 0.1) is 0 Å². The van der Waals surface area contributed by atoms with Gasteiger partial charge in [0.2, 0.25) is 11.3 Å². The van der Waals surface area contributed by atoms with E-state index in [1.807, 2.05) is 4.98 Å². The number of nitrogens with zero attached hydrogens (tertiary/aromatic N) is 1. The Bertz CT molecular complexity index is 472. The Morgan fingerprint density at radius 1 is 1.53 bits per heavy atom. The summed E-state index contributed by atoms with van der Waals surface area (Å²) in [5, 5.41) is 8.41. The number of hydrogen-bond donors (Lipinski definition) is 2. The molecule has 1 aromatic rings. The molecule has 0 fully saturated rings. The minimum absolute atomic E-state index is 0.454. The third-order valence-corrected chi connectivity index (χ3v) is 1.37. The van der Waals surface area contributed by atoms with Crippen molar-refractivity contribution < 1.29 is 17.9 Å². The number of aromatic amines is 1. The number of nitrogens with two attached hydrogens (primary N) is 1. The van der Waals surface area contributed by atoms with Crippen LogP contribution in [0.15, 0.2) is 10.9 Å². The Hall–Kier alpha value is -2.17. The highest BCUT2D eigenvalue weighted by Gasteiger charge is 2.31. The van der Waals surface area contributed by atoms with Gasteiger partial charge in [0.1, 0.15) is 17.5 Å². The van der Waals surface area contributed by atoms with Crippen molar-refractivity contribution in [2.75, 3.05) is 5.73 Å². The van der Waals surface area contributed by atoms with Gasteiger partial charge < -0.3 is 15.5 Å². The summed E-state index contributed by atoms with van der Waals surface area (Å²) in [5.74, 6) is -1.33. The topological polar surface area (TPSA) is 91.9 Å². The lowest BCUT2D eigenvalue weighted by Gasteiger charge is -2.08. The number of ether oxygens (including phenoxy) is 1. The van der Waals surface area contributed by atoms with Crippen LogP contribution in [0.5, 0.6) is 5.88 Å². The molecule has 0 amide bonds. The first-order valence-electron chi connectivity index (χ1n) is 3.52. The average molecular weight is 219 g/mol. The summed E-state index contributed by atoms with van der Waals surface area (Å²) in [7, 11) is 0. The van der Waals surface area contributed by atoms with Crippen LogP contribution in [0.25, 0.3) is 0 Å². The van der Waals surface area contributed by atoms with Gasteiger partial charge in [-0.15, -0.1) is 13.2 Å². The smallest absolute Gasteiger partial charge is 0.390 e. The highest BCUT2D eigenvalue weighted by atomic mass is 19.4. The molecule has 3 N–H and O–H groups in total. The summed E-state index contributed by atoms with van der Waals surface area (Å²) in [6, 6.07) is 1.95. The van der Waals surface area contributed by atoms with Crippen LogP contribution in [0, 0.1) is 11.3 Å². The first kappa shape index (κ1) is 10.9. The SMILES string of the molecule is N#Cc1c(N)[nH]c(OC(F)(F)F)cc1=O. The third-order valence-electron chi connectivity index (χ3n) is 1.37. The first-order chi connectivity index (χ1) is 6.83. The molecule has 8 heteroatoms. The second kappa shape index (κ2) is 3.53. The summed E-state index contributed by atoms with van der Waals surface area (Å²) >= 11 is 0. The van der Waals surface area contributed by atoms with Gasteiger partial charge in [0.25, 0.3) is 0 Å². The van der Waals surface area contributed by atoms with Crippen LogP contribution >= 0.6 is 0 Å². The zero-order valence-electron chi connectivity index (χ0n) is 7.05. The molecule has 0 bridgehead atoms. The van der Waals surface area contributed by atoms with Gasteiger partial charge >= 0.3 is 6.36 Å². The maximum absolute atomic E-state index is 11.7. The molecule has 0 saturated heterocycles. The van der Waals surface area contributed by atoms with E-state index in [2.05, 4.69) is 4.74 Å². The second-order valence-corrected chi connectivity index (χ2v) is 2.45. The van der Waals surface area contributed by atoms with Crippen molar-refractivity contribution in [1.82, 2.24) is 4.98 Å². The number of pyridine rings is 1. The quantitative estimate of drug-likeness (QED) is 0.728. The zero-order chi connectivity index (χ0) is 11.6. The van der Waals surface area contributed by atoms with E-state index in [4.69, 9.17) is 11.0 Å². The Labute approximate surface area is 80.9 Å². The Morgan fingerprint density at radius 3 is 2.53 bits per heavy atom.